The first-order chi connectivity index (χ1) is 8.99. The SMILES string of the molecule is CCC(N)(c1ccccc1F)c1ccc(F)cc1F. The molecule has 2 N–H and O–H groups in total. The van der Waals surface area contributed by atoms with Gasteiger partial charge in [-0.25, -0.2) is 13.2 Å². The predicted molar refractivity (Wildman–Crippen MR) is 68.0 cm³/mol. The van der Waals surface area contributed by atoms with Crippen LogP contribution in [0.15, 0.2) is 42.5 Å². The van der Waals surface area contributed by atoms with E-state index in [4.69, 9.17) is 5.73 Å². The molecular formula is C15H14F3N. The van der Waals surface area contributed by atoms with Crippen molar-refractivity contribution in [2.24, 2.45) is 5.73 Å². The lowest BCUT2D eigenvalue weighted by Gasteiger charge is -2.30. The minimum absolute atomic E-state index is 0.0847. The highest BCUT2D eigenvalue weighted by molar-refractivity contribution is 5.39. The van der Waals surface area contributed by atoms with Crippen LogP contribution in [0.4, 0.5) is 13.2 Å². The smallest absolute Gasteiger partial charge is 0.131 e. The molecule has 0 heterocycles. The standard InChI is InChI=1S/C15H14F3N/c1-2-15(19,11-5-3-4-6-13(11)17)12-8-7-10(16)9-14(12)18/h3-9H,2,19H2,1H3. The Morgan fingerprint density at radius 1 is 0.947 bits per heavy atom. The Labute approximate surface area is 109 Å². The molecule has 0 aliphatic heterocycles. The molecule has 2 rings (SSSR count). The Bertz CT molecular complexity index is 598. The van der Waals surface area contributed by atoms with Crippen LogP contribution >= 0.6 is 0 Å². The molecule has 0 amide bonds. The van der Waals surface area contributed by atoms with Gasteiger partial charge < -0.3 is 5.73 Å². The van der Waals surface area contributed by atoms with Gasteiger partial charge in [0.25, 0.3) is 0 Å². The summed E-state index contributed by atoms with van der Waals surface area (Å²) in [6.07, 6.45) is 0.288. The second-order valence-electron chi connectivity index (χ2n) is 4.43. The quantitative estimate of drug-likeness (QED) is 0.899. The third-order valence-electron chi connectivity index (χ3n) is 3.32. The fourth-order valence-corrected chi connectivity index (χ4v) is 2.20. The summed E-state index contributed by atoms with van der Waals surface area (Å²) in [7, 11) is 0. The van der Waals surface area contributed by atoms with Crippen LogP contribution in [0.5, 0.6) is 0 Å². The van der Waals surface area contributed by atoms with E-state index in [2.05, 4.69) is 0 Å². The van der Waals surface area contributed by atoms with Gasteiger partial charge in [-0.05, 0) is 18.6 Å². The molecule has 0 radical (unpaired) electrons. The third-order valence-corrected chi connectivity index (χ3v) is 3.32. The van der Waals surface area contributed by atoms with Gasteiger partial charge >= 0.3 is 0 Å². The zero-order valence-corrected chi connectivity index (χ0v) is 10.5. The van der Waals surface area contributed by atoms with Gasteiger partial charge in [0.15, 0.2) is 0 Å². The van der Waals surface area contributed by atoms with Gasteiger partial charge in [-0.2, -0.15) is 0 Å². The summed E-state index contributed by atoms with van der Waals surface area (Å²) < 4.78 is 40.8. The van der Waals surface area contributed by atoms with Crippen LogP contribution in [0.25, 0.3) is 0 Å². The first kappa shape index (κ1) is 13.6. The Morgan fingerprint density at radius 2 is 1.58 bits per heavy atom. The van der Waals surface area contributed by atoms with Crippen LogP contribution in [0.1, 0.15) is 24.5 Å². The van der Waals surface area contributed by atoms with Crippen molar-refractivity contribution in [3.63, 3.8) is 0 Å². The molecule has 2 aromatic carbocycles. The molecule has 1 nitrogen and oxygen atoms in total. The Balaban J connectivity index is 2.63. The van der Waals surface area contributed by atoms with Gasteiger partial charge in [-0.1, -0.05) is 31.2 Å². The number of rotatable bonds is 3. The fourth-order valence-electron chi connectivity index (χ4n) is 2.20. The maximum absolute atomic E-state index is 13.9. The van der Waals surface area contributed by atoms with E-state index in [1.165, 1.54) is 24.3 Å². The molecule has 1 atom stereocenters. The average Bonchev–Trinajstić information content (AvgIpc) is 2.38. The lowest BCUT2D eigenvalue weighted by Crippen LogP contribution is -2.39. The van der Waals surface area contributed by atoms with Crippen LogP contribution < -0.4 is 5.73 Å². The van der Waals surface area contributed by atoms with E-state index in [-0.39, 0.29) is 17.5 Å². The molecule has 0 aliphatic carbocycles. The largest absolute Gasteiger partial charge is 0.318 e. The van der Waals surface area contributed by atoms with Crippen molar-refractivity contribution < 1.29 is 13.2 Å². The number of nitrogens with two attached hydrogens (primary N) is 1. The van der Waals surface area contributed by atoms with E-state index < -0.39 is 23.0 Å². The second-order valence-corrected chi connectivity index (χ2v) is 4.43. The van der Waals surface area contributed by atoms with Crippen LogP contribution in [0, 0.1) is 17.5 Å². The third kappa shape index (κ3) is 2.36. The summed E-state index contributed by atoms with van der Waals surface area (Å²) in [6, 6.07) is 9.10. The molecule has 4 heteroatoms. The molecule has 1 unspecified atom stereocenters. The molecule has 0 spiro atoms. The summed E-state index contributed by atoms with van der Waals surface area (Å²) in [5.74, 6) is -1.96. The Morgan fingerprint density at radius 3 is 2.16 bits per heavy atom. The van der Waals surface area contributed by atoms with Crippen LogP contribution in [-0.2, 0) is 5.54 Å². The number of benzene rings is 2. The molecule has 0 aliphatic rings. The Kier molecular flexibility index (Phi) is 3.62. The summed E-state index contributed by atoms with van der Waals surface area (Å²) in [6.45, 7) is 1.73. The van der Waals surface area contributed by atoms with Crippen LogP contribution in [0.3, 0.4) is 0 Å². The monoisotopic (exact) mass is 265 g/mol. The summed E-state index contributed by atoms with van der Waals surface area (Å²) in [5.41, 5.74) is 5.15. The van der Waals surface area contributed by atoms with E-state index in [1.54, 1.807) is 13.0 Å². The average molecular weight is 265 g/mol. The molecular weight excluding hydrogens is 251 g/mol. The Hall–Kier alpha value is -1.81. The van der Waals surface area contributed by atoms with Gasteiger partial charge in [0.1, 0.15) is 17.5 Å². The second kappa shape index (κ2) is 5.05. The van der Waals surface area contributed by atoms with Gasteiger partial charge in [-0.3, -0.25) is 0 Å². The van der Waals surface area contributed by atoms with E-state index >= 15 is 0 Å². The minimum atomic E-state index is -1.32. The van der Waals surface area contributed by atoms with E-state index in [0.29, 0.717) is 0 Å². The van der Waals surface area contributed by atoms with Crippen molar-refractivity contribution in [3.8, 4) is 0 Å². The molecule has 2 aromatic rings. The van der Waals surface area contributed by atoms with Gasteiger partial charge in [0.05, 0.1) is 5.54 Å². The predicted octanol–water partition coefficient (Wildman–Crippen LogP) is 3.72. The van der Waals surface area contributed by atoms with Gasteiger partial charge in [0.2, 0.25) is 0 Å². The van der Waals surface area contributed by atoms with E-state index in [0.717, 1.165) is 12.1 Å². The van der Waals surface area contributed by atoms with Gasteiger partial charge in [0, 0.05) is 17.2 Å². The van der Waals surface area contributed by atoms with Crippen molar-refractivity contribution in [3.05, 3.63) is 71.0 Å². The normalized spacial score (nSPS) is 14.2. The van der Waals surface area contributed by atoms with Gasteiger partial charge in [-0.15, -0.1) is 0 Å². The lowest BCUT2D eigenvalue weighted by atomic mass is 9.81. The topological polar surface area (TPSA) is 26.0 Å². The first-order valence-electron chi connectivity index (χ1n) is 5.98. The summed E-state index contributed by atoms with van der Waals surface area (Å²) in [4.78, 5) is 0. The molecule has 0 aromatic heterocycles. The summed E-state index contributed by atoms with van der Waals surface area (Å²) >= 11 is 0. The van der Waals surface area contributed by atoms with Crippen molar-refractivity contribution in [1.82, 2.24) is 0 Å². The summed E-state index contributed by atoms with van der Waals surface area (Å²) in [5, 5.41) is 0. The van der Waals surface area contributed by atoms with Crippen molar-refractivity contribution in [2.75, 3.05) is 0 Å². The molecule has 0 saturated heterocycles. The zero-order valence-electron chi connectivity index (χ0n) is 10.5. The zero-order chi connectivity index (χ0) is 14.0. The number of hydrogen-bond acceptors (Lipinski definition) is 1. The highest BCUT2D eigenvalue weighted by Gasteiger charge is 2.32. The molecule has 0 fully saturated rings. The molecule has 100 valence electrons. The fraction of sp³-hybridized carbons (Fsp3) is 0.200. The molecule has 0 saturated carbocycles. The first-order valence-corrected chi connectivity index (χ1v) is 5.98. The minimum Gasteiger partial charge on any atom is -0.318 e. The maximum Gasteiger partial charge on any atom is 0.131 e. The van der Waals surface area contributed by atoms with Crippen molar-refractivity contribution >= 4 is 0 Å². The highest BCUT2D eigenvalue weighted by atomic mass is 19.1. The van der Waals surface area contributed by atoms with Crippen molar-refractivity contribution in [2.45, 2.75) is 18.9 Å². The van der Waals surface area contributed by atoms with E-state index in [9.17, 15) is 13.2 Å². The highest BCUT2D eigenvalue weighted by Crippen LogP contribution is 2.33. The maximum atomic E-state index is 13.9. The van der Waals surface area contributed by atoms with E-state index in [1.807, 2.05) is 0 Å². The van der Waals surface area contributed by atoms with Crippen LogP contribution in [-0.4, -0.2) is 0 Å². The molecule has 0 bridgehead atoms. The van der Waals surface area contributed by atoms with Crippen molar-refractivity contribution in [1.29, 1.82) is 0 Å². The lowest BCUT2D eigenvalue weighted by molar-refractivity contribution is 0.450. The number of halogens is 3. The van der Waals surface area contributed by atoms with Crippen LogP contribution in [0.2, 0.25) is 0 Å². The number of hydrogen-bond donors (Lipinski definition) is 1. The molecule has 19 heavy (non-hydrogen) atoms.